The third-order valence-electron chi connectivity index (χ3n) is 4.35. The lowest BCUT2D eigenvalue weighted by atomic mass is 9.94. The highest BCUT2D eigenvalue weighted by Crippen LogP contribution is 2.42. The molecule has 108 valence electrons. The van der Waals surface area contributed by atoms with E-state index in [-0.39, 0.29) is 11.9 Å². The number of aliphatic carboxylic acids is 1. The van der Waals surface area contributed by atoms with Crippen molar-refractivity contribution in [1.82, 2.24) is 14.7 Å². The number of carbonyl (C=O) groups excluding carboxylic acids is 1. The van der Waals surface area contributed by atoms with Crippen molar-refractivity contribution in [3.8, 4) is 0 Å². The Morgan fingerprint density at radius 3 is 2.90 bits per heavy atom. The van der Waals surface area contributed by atoms with Gasteiger partial charge in [0.2, 0.25) is 0 Å². The fourth-order valence-corrected chi connectivity index (χ4v) is 3.49. The highest BCUT2D eigenvalue weighted by Gasteiger charge is 2.49. The van der Waals surface area contributed by atoms with E-state index in [9.17, 15) is 14.7 Å². The van der Waals surface area contributed by atoms with Gasteiger partial charge in [0.1, 0.15) is 6.04 Å². The minimum atomic E-state index is -0.907. The number of likely N-dealkylation sites (tertiary alicyclic amines) is 1. The van der Waals surface area contributed by atoms with Crippen molar-refractivity contribution in [1.29, 1.82) is 0 Å². The number of aromatic nitrogens is 2. The largest absolute Gasteiger partial charge is 0.480 e. The van der Waals surface area contributed by atoms with Crippen molar-refractivity contribution in [3.63, 3.8) is 0 Å². The van der Waals surface area contributed by atoms with Crippen molar-refractivity contribution in [2.45, 2.75) is 25.3 Å². The molecular formula is C13H18N4O3. The Bertz CT molecular complexity index is 541. The number of nitrogens with zero attached hydrogens (tertiary/aromatic N) is 3. The lowest BCUT2D eigenvalue weighted by molar-refractivity contribution is -0.142. The Kier molecular flexibility index (Phi) is 3.11. The number of hydrogen-bond acceptors (Lipinski definition) is 3. The van der Waals surface area contributed by atoms with E-state index in [1.807, 2.05) is 0 Å². The second kappa shape index (κ2) is 4.81. The first kappa shape index (κ1) is 13.0. The van der Waals surface area contributed by atoms with Crippen molar-refractivity contribution < 1.29 is 14.7 Å². The molecule has 1 saturated heterocycles. The number of anilines is 1. The first-order valence-corrected chi connectivity index (χ1v) is 6.86. The number of urea groups is 1. The molecule has 1 aromatic rings. The van der Waals surface area contributed by atoms with E-state index >= 15 is 0 Å². The quantitative estimate of drug-likeness (QED) is 0.849. The molecule has 20 heavy (non-hydrogen) atoms. The van der Waals surface area contributed by atoms with Gasteiger partial charge in [0.05, 0.1) is 0 Å². The zero-order valence-electron chi connectivity index (χ0n) is 11.3. The maximum Gasteiger partial charge on any atom is 0.326 e. The minimum Gasteiger partial charge on any atom is -0.480 e. The summed E-state index contributed by atoms with van der Waals surface area (Å²) in [4.78, 5) is 25.2. The van der Waals surface area contributed by atoms with Gasteiger partial charge in [0, 0.05) is 25.9 Å². The van der Waals surface area contributed by atoms with Crippen LogP contribution >= 0.6 is 0 Å². The summed E-state index contributed by atoms with van der Waals surface area (Å²) in [5.41, 5.74) is 0. The van der Waals surface area contributed by atoms with Crippen molar-refractivity contribution >= 4 is 17.8 Å². The van der Waals surface area contributed by atoms with E-state index in [0.29, 0.717) is 18.3 Å². The van der Waals surface area contributed by atoms with Crippen LogP contribution < -0.4 is 5.32 Å². The van der Waals surface area contributed by atoms with Gasteiger partial charge < -0.3 is 10.0 Å². The molecule has 0 spiro atoms. The molecule has 0 radical (unpaired) electrons. The van der Waals surface area contributed by atoms with Gasteiger partial charge in [0.25, 0.3) is 0 Å². The monoisotopic (exact) mass is 278 g/mol. The number of carbonyl (C=O) groups is 2. The molecule has 2 amide bonds. The van der Waals surface area contributed by atoms with E-state index in [0.717, 1.165) is 19.3 Å². The molecule has 3 unspecified atom stereocenters. The fraction of sp³-hybridized carbons (Fsp3) is 0.615. The molecule has 1 aliphatic carbocycles. The van der Waals surface area contributed by atoms with Crippen LogP contribution in [0.1, 0.15) is 19.3 Å². The van der Waals surface area contributed by atoms with Crippen LogP contribution in [0.3, 0.4) is 0 Å². The van der Waals surface area contributed by atoms with Gasteiger partial charge in [-0.05, 0) is 24.7 Å². The Morgan fingerprint density at radius 2 is 2.25 bits per heavy atom. The zero-order valence-corrected chi connectivity index (χ0v) is 11.3. The normalized spacial score (nSPS) is 28.4. The summed E-state index contributed by atoms with van der Waals surface area (Å²) in [5.74, 6) is -0.0400. The van der Waals surface area contributed by atoms with Gasteiger partial charge in [-0.15, -0.1) is 0 Å². The predicted octanol–water partition coefficient (Wildman–Crippen LogP) is 1.14. The van der Waals surface area contributed by atoms with Crippen LogP contribution in [0.4, 0.5) is 10.6 Å². The molecule has 1 saturated carbocycles. The van der Waals surface area contributed by atoms with Crippen LogP contribution in [0.25, 0.3) is 0 Å². The van der Waals surface area contributed by atoms with Crippen LogP contribution in [-0.4, -0.2) is 44.4 Å². The van der Waals surface area contributed by atoms with Crippen LogP contribution in [0.5, 0.6) is 0 Å². The van der Waals surface area contributed by atoms with E-state index in [1.54, 1.807) is 24.0 Å². The minimum absolute atomic E-state index is 0.0991. The molecule has 3 rings (SSSR count). The molecule has 7 nitrogen and oxygen atoms in total. The SMILES string of the molecule is Cn1ccc(NC(=O)N2CC3CCCC3C2C(=O)O)n1. The molecule has 2 heterocycles. The highest BCUT2D eigenvalue weighted by molar-refractivity contribution is 5.92. The second-order valence-corrected chi connectivity index (χ2v) is 5.60. The number of rotatable bonds is 2. The number of carboxylic acids is 1. The summed E-state index contributed by atoms with van der Waals surface area (Å²) in [6, 6.07) is 0.613. The molecule has 2 fully saturated rings. The number of carboxylic acid groups (broad SMARTS) is 1. The average Bonchev–Trinajstić information content (AvgIpc) is 3.02. The van der Waals surface area contributed by atoms with E-state index < -0.39 is 12.0 Å². The van der Waals surface area contributed by atoms with Gasteiger partial charge in [-0.3, -0.25) is 10.00 Å². The highest BCUT2D eigenvalue weighted by atomic mass is 16.4. The Hall–Kier alpha value is -2.05. The molecule has 1 aliphatic heterocycles. The number of nitrogens with one attached hydrogen (secondary N) is 1. The summed E-state index contributed by atoms with van der Waals surface area (Å²) in [7, 11) is 1.76. The number of fused-ring (bicyclic) bond motifs is 1. The van der Waals surface area contributed by atoms with E-state index in [1.165, 1.54) is 4.90 Å². The van der Waals surface area contributed by atoms with Crippen LogP contribution in [0.15, 0.2) is 12.3 Å². The van der Waals surface area contributed by atoms with Gasteiger partial charge >= 0.3 is 12.0 Å². The van der Waals surface area contributed by atoms with E-state index in [2.05, 4.69) is 10.4 Å². The summed E-state index contributed by atoms with van der Waals surface area (Å²) >= 11 is 0. The molecule has 1 aromatic heterocycles. The molecule has 3 atom stereocenters. The maximum atomic E-state index is 12.3. The molecule has 0 bridgehead atoms. The van der Waals surface area contributed by atoms with Gasteiger partial charge in [-0.2, -0.15) is 5.10 Å². The summed E-state index contributed by atoms with van der Waals surface area (Å²) in [6.45, 7) is 0.528. The summed E-state index contributed by atoms with van der Waals surface area (Å²) in [5, 5.41) is 16.2. The smallest absolute Gasteiger partial charge is 0.326 e. The van der Waals surface area contributed by atoms with E-state index in [4.69, 9.17) is 0 Å². The van der Waals surface area contributed by atoms with Gasteiger partial charge in [-0.1, -0.05) is 6.42 Å². The number of amides is 2. The first-order chi connectivity index (χ1) is 9.56. The second-order valence-electron chi connectivity index (χ2n) is 5.60. The number of hydrogen-bond donors (Lipinski definition) is 2. The maximum absolute atomic E-state index is 12.3. The van der Waals surface area contributed by atoms with Crippen LogP contribution in [-0.2, 0) is 11.8 Å². The molecular weight excluding hydrogens is 260 g/mol. The summed E-state index contributed by atoms with van der Waals surface area (Å²) < 4.78 is 1.59. The fourth-order valence-electron chi connectivity index (χ4n) is 3.49. The van der Waals surface area contributed by atoms with Crippen molar-refractivity contribution in [3.05, 3.63) is 12.3 Å². The van der Waals surface area contributed by atoms with Gasteiger partial charge in [-0.25, -0.2) is 9.59 Å². The molecule has 2 N–H and O–H groups in total. The third kappa shape index (κ3) is 2.13. The topological polar surface area (TPSA) is 87.5 Å². The molecule has 7 heteroatoms. The summed E-state index contributed by atoms with van der Waals surface area (Å²) in [6.07, 6.45) is 4.70. The van der Waals surface area contributed by atoms with Crippen LogP contribution in [0.2, 0.25) is 0 Å². The lowest BCUT2D eigenvalue weighted by Gasteiger charge is -2.24. The standard InChI is InChI=1S/C13H18N4O3/c1-16-6-5-10(15-16)14-13(20)17-7-8-3-2-4-9(8)11(17)12(18)19/h5-6,8-9,11H,2-4,7H2,1H3,(H,18,19)(H,14,15,20). The van der Waals surface area contributed by atoms with Crippen molar-refractivity contribution in [2.24, 2.45) is 18.9 Å². The molecule has 0 aromatic carbocycles. The third-order valence-corrected chi connectivity index (χ3v) is 4.35. The first-order valence-electron chi connectivity index (χ1n) is 6.86. The predicted molar refractivity (Wildman–Crippen MR) is 71.2 cm³/mol. The number of aryl methyl sites for hydroxylation is 1. The Balaban J connectivity index is 1.75. The Labute approximate surface area is 116 Å². The van der Waals surface area contributed by atoms with Gasteiger partial charge in [0.15, 0.2) is 5.82 Å². The average molecular weight is 278 g/mol. The Morgan fingerprint density at radius 1 is 1.45 bits per heavy atom. The van der Waals surface area contributed by atoms with Crippen LogP contribution in [0, 0.1) is 11.8 Å². The zero-order chi connectivity index (χ0) is 14.3. The van der Waals surface area contributed by atoms with Crippen molar-refractivity contribution in [2.75, 3.05) is 11.9 Å². The molecule has 2 aliphatic rings. The lowest BCUT2D eigenvalue weighted by Crippen LogP contribution is -2.45.